The normalized spacial score (nSPS) is 26.5. The van der Waals surface area contributed by atoms with Gasteiger partial charge in [0.05, 0.1) is 18.8 Å². The molecule has 1 aliphatic heterocycles. The molecule has 0 bridgehead atoms. The summed E-state index contributed by atoms with van der Waals surface area (Å²) in [4.78, 5) is 23.2. The quantitative estimate of drug-likeness (QED) is 0.789. The van der Waals surface area contributed by atoms with Crippen LogP contribution in [0.4, 0.5) is 4.79 Å². The molecule has 0 aliphatic carbocycles. The SMILES string of the molecule is CCC1OCC(NC(=O)OCc2ccccc2)C(OC(C)=O)C1O. The Hall–Kier alpha value is -2.12. The van der Waals surface area contributed by atoms with Gasteiger partial charge in [0.15, 0.2) is 6.10 Å². The Morgan fingerprint density at radius 3 is 2.67 bits per heavy atom. The second kappa shape index (κ2) is 8.65. The maximum Gasteiger partial charge on any atom is 0.407 e. The van der Waals surface area contributed by atoms with Crippen molar-refractivity contribution in [3.05, 3.63) is 35.9 Å². The Morgan fingerprint density at radius 1 is 1.33 bits per heavy atom. The summed E-state index contributed by atoms with van der Waals surface area (Å²) in [5.41, 5.74) is 0.857. The molecule has 2 rings (SSSR count). The van der Waals surface area contributed by atoms with Gasteiger partial charge in [-0.2, -0.15) is 0 Å². The molecule has 132 valence electrons. The van der Waals surface area contributed by atoms with Gasteiger partial charge in [-0.3, -0.25) is 4.79 Å². The van der Waals surface area contributed by atoms with Gasteiger partial charge < -0.3 is 24.6 Å². The Morgan fingerprint density at radius 2 is 2.04 bits per heavy atom. The molecule has 1 saturated heterocycles. The third-order valence-corrected chi connectivity index (χ3v) is 3.82. The molecule has 24 heavy (non-hydrogen) atoms. The van der Waals surface area contributed by atoms with Gasteiger partial charge in [0.25, 0.3) is 0 Å². The molecule has 4 atom stereocenters. The number of ether oxygens (including phenoxy) is 3. The molecule has 4 unspecified atom stereocenters. The second-order valence-electron chi connectivity index (χ2n) is 5.66. The molecule has 1 heterocycles. The zero-order valence-electron chi connectivity index (χ0n) is 13.8. The first-order chi connectivity index (χ1) is 11.5. The van der Waals surface area contributed by atoms with Gasteiger partial charge in [-0.05, 0) is 12.0 Å². The van der Waals surface area contributed by atoms with E-state index in [1.807, 2.05) is 37.3 Å². The molecule has 1 aromatic carbocycles. The van der Waals surface area contributed by atoms with Crippen LogP contribution in [0.15, 0.2) is 30.3 Å². The van der Waals surface area contributed by atoms with Crippen LogP contribution in [0.1, 0.15) is 25.8 Å². The minimum absolute atomic E-state index is 0.124. The van der Waals surface area contributed by atoms with Gasteiger partial charge in [-0.25, -0.2) is 4.79 Å². The maximum absolute atomic E-state index is 12.0. The van der Waals surface area contributed by atoms with Crippen molar-refractivity contribution in [2.45, 2.75) is 51.2 Å². The fraction of sp³-hybridized carbons (Fsp3) is 0.529. The number of hydrogen-bond donors (Lipinski definition) is 2. The number of aliphatic hydroxyl groups is 1. The van der Waals surface area contributed by atoms with E-state index < -0.39 is 36.4 Å². The number of hydrogen-bond acceptors (Lipinski definition) is 6. The Balaban J connectivity index is 1.92. The zero-order chi connectivity index (χ0) is 17.5. The molecule has 1 fully saturated rings. The lowest BCUT2D eigenvalue weighted by Crippen LogP contribution is -2.60. The number of rotatable bonds is 5. The van der Waals surface area contributed by atoms with Crippen molar-refractivity contribution in [2.24, 2.45) is 0 Å². The average Bonchev–Trinajstić information content (AvgIpc) is 2.57. The van der Waals surface area contributed by atoms with Crippen LogP contribution >= 0.6 is 0 Å². The first-order valence-corrected chi connectivity index (χ1v) is 7.95. The summed E-state index contributed by atoms with van der Waals surface area (Å²) in [7, 11) is 0. The smallest absolute Gasteiger partial charge is 0.407 e. The minimum Gasteiger partial charge on any atom is -0.457 e. The maximum atomic E-state index is 12.0. The summed E-state index contributed by atoms with van der Waals surface area (Å²) >= 11 is 0. The lowest BCUT2D eigenvalue weighted by molar-refractivity contribution is -0.182. The van der Waals surface area contributed by atoms with Crippen LogP contribution in [-0.4, -0.2) is 48.1 Å². The van der Waals surface area contributed by atoms with Gasteiger partial charge in [-0.15, -0.1) is 0 Å². The summed E-state index contributed by atoms with van der Waals surface area (Å²) in [5.74, 6) is -0.528. The number of amides is 1. The van der Waals surface area contributed by atoms with Crippen molar-refractivity contribution in [1.82, 2.24) is 5.32 Å². The third kappa shape index (κ3) is 4.94. The largest absolute Gasteiger partial charge is 0.457 e. The zero-order valence-corrected chi connectivity index (χ0v) is 13.8. The van der Waals surface area contributed by atoms with E-state index in [-0.39, 0.29) is 13.2 Å². The van der Waals surface area contributed by atoms with Crippen LogP contribution < -0.4 is 5.32 Å². The highest BCUT2D eigenvalue weighted by Crippen LogP contribution is 2.21. The average molecular weight is 337 g/mol. The van der Waals surface area contributed by atoms with Crippen molar-refractivity contribution in [3.63, 3.8) is 0 Å². The number of aliphatic hydroxyl groups excluding tert-OH is 1. The number of benzene rings is 1. The highest BCUT2D eigenvalue weighted by molar-refractivity contribution is 5.68. The number of esters is 1. The van der Waals surface area contributed by atoms with Gasteiger partial charge >= 0.3 is 12.1 Å². The van der Waals surface area contributed by atoms with Crippen LogP contribution in [0.5, 0.6) is 0 Å². The van der Waals surface area contributed by atoms with Crippen LogP contribution in [0.25, 0.3) is 0 Å². The molecule has 0 radical (unpaired) electrons. The molecule has 1 aliphatic rings. The van der Waals surface area contributed by atoms with E-state index in [2.05, 4.69) is 5.32 Å². The van der Waals surface area contributed by atoms with Gasteiger partial charge in [-0.1, -0.05) is 37.3 Å². The van der Waals surface area contributed by atoms with Crippen LogP contribution in [0.3, 0.4) is 0 Å². The fourth-order valence-electron chi connectivity index (χ4n) is 2.61. The lowest BCUT2D eigenvalue weighted by Gasteiger charge is -2.39. The lowest BCUT2D eigenvalue weighted by atomic mass is 9.96. The van der Waals surface area contributed by atoms with Crippen molar-refractivity contribution in [3.8, 4) is 0 Å². The van der Waals surface area contributed by atoms with E-state index in [4.69, 9.17) is 14.2 Å². The first-order valence-electron chi connectivity index (χ1n) is 7.95. The highest BCUT2D eigenvalue weighted by Gasteiger charge is 2.41. The van der Waals surface area contributed by atoms with Crippen molar-refractivity contribution in [1.29, 1.82) is 0 Å². The van der Waals surface area contributed by atoms with E-state index in [9.17, 15) is 14.7 Å². The van der Waals surface area contributed by atoms with Crippen LogP contribution in [-0.2, 0) is 25.6 Å². The topological polar surface area (TPSA) is 94.1 Å². The fourth-order valence-corrected chi connectivity index (χ4v) is 2.61. The molecule has 1 amide bonds. The first kappa shape index (κ1) is 18.2. The van der Waals surface area contributed by atoms with Crippen LogP contribution in [0, 0.1) is 0 Å². The summed E-state index contributed by atoms with van der Waals surface area (Å²) < 4.78 is 15.8. The van der Waals surface area contributed by atoms with Crippen molar-refractivity contribution in [2.75, 3.05) is 6.61 Å². The Labute approximate surface area is 140 Å². The van der Waals surface area contributed by atoms with E-state index in [1.54, 1.807) is 0 Å². The summed E-state index contributed by atoms with van der Waals surface area (Å²) in [6.45, 7) is 3.38. The number of nitrogens with one attached hydrogen (secondary N) is 1. The van der Waals surface area contributed by atoms with Gasteiger partial charge in [0.1, 0.15) is 12.7 Å². The molecular formula is C17H23NO6. The van der Waals surface area contributed by atoms with Crippen molar-refractivity contribution < 1.29 is 28.9 Å². The highest BCUT2D eigenvalue weighted by atomic mass is 16.6. The molecule has 7 nitrogen and oxygen atoms in total. The monoisotopic (exact) mass is 337 g/mol. The number of alkyl carbamates (subject to hydrolysis) is 1. The number of carbonyl (C=O) groups is 2. The van der Waals surface area contributed by atoms with Crippen molar-refractivity contribution >= 4 is 12.1 Å². The van der Waals surface area contributed by atoms with Crippen LogP contribution in [0.2, 0.25) is 0 Å². The minimum atomic E-state index is -1.01. The Bertz CT molecular complexity index is 549. The summed E-state index contributed by atoms with van der Waals surface area (Å²) in [6, 6.07) is 8.59. The van der Waals surface area contributed by atoms with E-state index in [0.717, 1.165) is 5.56 Å². The predicted octanol–water partition coefficient (Wildman–Crippen LogP) is 1.38. The second-order valence-corrected chi connectivity index (χ2v) is 5.66. The number of carbonyl (C=O) groups excluding carboxylic acids is 2. The molecular weight excluding hydrogens is 314 g/mol. The van der Waals surface area contributed by atoms with Gasteiger partial charge in [0, 0.05) is 6.92 Å². The molecule has 0 spiro atoms. The molecule has 7 heteroatoms. The van der Waals surface area contributed by atoms with E-state index in [0.29, 0.717) is 6.42 Å². The van der Waals surface area contributed by atoms with Gasteiger partial charge in [0.2, 0.25) is 0 Å². The Kier molecular flexibility index (Phi) is 6.57. The summed E-state index contributed by atoms with van der Waals surface area (Å²) in [6.07, 6.45) is -2.40. The van der Waals surface area contributed by atoms with E-state index in [1.165, 1.54) is 6.92 Å². The third-order valence-electron chi connectivity index (χ3n) is 3.82. The standard InChI is InChI=1S/C17H23NO6/c1-3-14-15(20)16(24-11(2)19)13(10-22-14)18-17(21)23-9-12-7-5-4-6-8-12/h4-8,13-16,20H,3,9-10H2,1-2H3,(H,18,21). The summed E-state index contributed by atoms with van der Waals surface area (Å²) in [5, 5.41) is 12.9. The van der Waals surface area contributed by atoms with E-state index >= 15 is 0 Å². The molecule has 0 aromatic heterocycles. The predicted molar refractivity (Wildman–Crippen MR) is 85.1 cm³/mol. The molecule has 2 N–H and O–H groups in total. The molecule has 0 saturated carbocycles. The molecule has 1 aromatic rings.